The van der Waals surface area contributed by atoms with Crippen LogP contribution in [0.4, 0.5) is 0 Å². The second-order valence-corrected chi connectivity index (χ2v) is 16.1. The Hall–Kier alpha value is -7.63. The molecule has 0 spiro atoms. The van der Waals surface area contributed by atoms with Crippen LogP contribution in [-0.4, -0.2) is 24.1 Å². The van der Waals surface area contributed by atoms with Gasteiger partial charge in [-0.15, -0.1) is 0 Å². The van der Waals surface area contributed by atoms with Crippen LogP contribution < -0.4 is 0 Å². The van der Waals surface area contributed by atoms with E-state index in [4.69, 9.17) is 15.0 Å². The fraction of sp³-hybridized carbons (Fsp3) is 0.0556. The fourth-order valence-corrected chi connectivity index (χ4v) is 9.53. The van der Waals surface area contributed by atoms with Gasteiger partial charge in [0.05, 0.1) is 22.1 Å². The molecule has 3 heterocycles. The molecule has 278 valence electrons. The molecule has 5 heteroatoms. The van der Waals surface area contributed by atoms with E-state index < -0.39 is 0 Å². The fourth-order valence-electron chi connectivity index (χ4n) is 9.53. The van der Waals surface area contributed by atoms with E-state index in [1.807, 2.05) is 6.07 Å². The van der Waals surface area contributed by atoms with E-state index in [2.05, 4.69) is 205 Å². The average Bonchev–Trinajstić information content (AvgIpc) is 3.89. The van der Waals surface area contributed by atoms with Crippen LogP contribution in [0.5, 0.6) is 0 Å². The Labute approximate surface area is 341 Å². The molecule has 0 aliphatic heterocycles. The normalized spacial score (nSPS) is 13.1. The van der Waals surface area contributed by atoms with Gasteiger partial charge in [-0.25, -0.2) is 4.98 Å². The van der Waals surface area contributed by atoms with Gasteiger partial charge in [0.2, 0.25) is 5.95 Å². The highest BCUT2D eigenvalue weighted by atomic mass is 15.2. The smallest absolute Gasteiger partial charge is 0.238 e. The van der Waals surface area contributed by atoms with E-state index in [1.165, 1.54) is 44.1 Å². The van der Waals surface area contributed by atoms with E-state index >= 15 is 0 Å². The molecule has 8 aromatic carbocycles. The Kier molecular flexibility index (Phi) is 7.20. The zero-order valence-corrected chi connectivity index (χ0v) is 32.6. The van der Waals surface area contributed by atoms with Gasteiger partial charge in [0.25, 0.3) is 0 Å². The Bertz CT molecular complexity index is 3410. The molecule has 0 N–H and O–H groups in total. The summed E-state index contributed by atoms with van der Waals surface area (Å²) in [5.41, 5.74) is 14.9. The summed E-state index contributed by atoms with van der Waals surface area (Å²) in [4.78, 5) is 15.8. The largest absolute Gasteiger partial charge is 0.309 e. The standard InChI is InChI=1S/C54H37N5/c1-54(2)45-23-10-6-19-39(45)43-33-50-44(32-46(43)54)42-22-9-11-24-47(42)58(50)38-18-14-17-37(31-38)52-55-51(36-29-27-35(28-30-36)34-15-4-3-5-16-34)56-53(57-52)59-48-25-12-7-20-40(48)41-21-8-13-26-49(41)59/h3-33H,1-2H3. The number of aromatic nitrogens is 5. The highest BCUT2D eigenvalue weighted by Crippen LogP contribution is 2.51. The van der Waals surface area contributed by atoms with Gasteiger partial charge in [0, 0.05) is 43.8 Å². The first-order valence-corrected chi connectivity index (χ1v) is 20.2. The van der Waals surface area contributed by atoms with Crippen LogP contribution in [0.3, 0.4) is 0 Å². The maximum absolute atomic E-state index is 5.30. The van der Waals surface area contributed by atoms with Crippen molar-refractivity contribution >= 4 is 43.6 Å². The number of fused-ring (bicyclic) bond motifs is 9. The second-order valence-electron chi connectivity index (χ2n) is 16.1. The van der Waals surface area contributed by atoms with E-state index in [0.717, 1.165) is 49.7 Å². The molecule has 3 aromatic heterocycles. The molecule has 12 rings (SSSR count). The molecule has 0 saturated heterocycles. The third kappa shape index (κ3) is 5.08. The predicted molar refractivity (Wildman–Crippen MR) is 242 cm³/mol. The van der Waals surface area contributed by atoms with E-state index in [1.54, 1.807) is 0 Å². The Morgan fingerprint density at radius 3 is 1.61 bits per heavy atom. The van der Waals surface area contributed by atoms with Gasteiger partial charge in [0.15, 0.2) is 11.6 Å². The van der Waals surface area contributed by atoms with Gasteiger partial charge >= 0.3 is 0 Å². The van der Waals surface area contributed by atoms with Gasteiger partial charge in [-0.3, -0.25) is 4.57 Å². The highest BCUT2D eigenvalue weighted by Gasteiger charge is 2.36. The van der Waals surface area contributed by atoms with Crippen LogP contribution >= 0.6 is 0 Å². The molecule has 11 aromatic rings. The van der Waals surface area contributed by atoms with Crippen molar-refractivity contribution in [3.63, 3.8) is 0 Å². The number of hydrogen-bond donors (Lipinski definition) is 0. The summed E-state index contributed by atoms with van der Waals surface area (Å²) in [6.45, 7) is 4.70. The molecule has 0 radical (unpaired) electrons. The molecular weight excluding hydrogens is 719 g/mol. The zero-order valence-electron chi connectivity index (χ0n) is 32.6. The van der Waals surface area contributed by atoms with Crippen LogP contribution in [-0.2, 0) is 5.41 Å². The van der Waals surface area contributed by atoms with Crippen molar-refractivity contribution in [2.24, 2.45) is 0 Å². The van der Waals surface area contributed by atoms with Crippen molar-refractivity contribution in [1.29, 1.82) is 0 Å². The van der Waals surface area contributed by atoms with Crippen molar-refractivity contribution < 1.29 is 0 Å². The average molecular weight is 756 g/mol. The Balaban J connectivity index is 1.07. The van der Waals surface area contributed by atoms with Crippen molar-refractivity contribution in [3.05, 3.63) is 199 Å². The molecule has 59 heavy (non-hydrogen) atoms. The minimum atomic E-state index is -0.0877. The lowest BCUT2D eigenvalue weighted by Gasteiger charge is -2.21. The first-order valence-electron chi connectivity index (χ1n) is 20.2. The quantitative estimate of drug-likeness (QED) is 0.176. The van der Waals surface area contributed by atoms with Crippen LogP contribution in [0.1, 0.15) is 25.0 Å². The number of rotatable bonds is 5. The monoisotopic (exact) mass is 755 g/mol. The van der Waals surface area contributed by atoms with Gasteiger partial charge in [-0.2, -0.15) is 9.97 Å². The van der Waals surface area contributed by atoms with Crippen LogP contribution in [0.25, 0.3) is 100 Å². The minimum absolute atomic E-state index is 0.0877. The summed E-state index contributed by atoms with van der Waals surface area (Å²) < 4.78 is 4.58. The lowest BCUT2D eigenvalue weighted by atomic mass is 9.82. The topological polar surface area (TPSA) is 48.5 Å². The summed E-state index contributed by atoms with van der Waals surface area (Å²) in [6.07, 6.45) is 0. The summed E-state index contributed by atoms with van der Waals surface area (Å²) >= 11 is 0. The highest BCUT2D eigenvalue weighted by molar-refractivity contribution is 6.12. The van der Waals surface area contributed by atoms with Crippen LogP contribution in [0.2, 0.25) is 0 Å². The Morgan fingerprint density at radius 1 is 0.356 bits per heavy atom. The predicted octanol–water partition coefficient (Wildman–Crippen LogP) is 13.4. The summed E-state index contributed by atoms with van der Waals surface area (Å²) in [7, 11) is 0. The number of hydrogen-bond acceptors (Lipinski definition) is 3. The zero-order chi connectivity index (χ0) is 39.2. The molecule has 0 amide bonds. The lowest BCUT2D eigenvalue weighted by Crippen LogP contribution is -2.14. The van der Waals surface area contributed by atoms with Gasteiger partial charge in [0.1, 0.15) is 0 Å². The molecule has 0 atom stereocenters. The van der Waals surface area contributed by atoms with Crippen molar-refractivity contribution in [2.75, 3.05) is 0 Å². The van der Waals surface area contributed by atoms with E-state index in [-0.39, 0.29) is 5.41 Å². The van der Waals surface area contributed by atoms with Gasteiger partial charge in [-0.05, 0) is 75.8 Å². The summed E-state index contributed by atoms with van der Waals surface area (Å²) in [5, 5.41) is 4.80. The first kappa shape index (κ1) is 33.5. The number of nitrogens with zero attached hydrogens (tertiary/aromatic N) is 5. The molecule has 0 unspecified atom stereocenters. The molecule has 5 nitrogen and oxygen atoms in total. The third-order valence-electron chi connectivity index (χ3n) is 12.4. The van der Waals surface area contributed by atoms with Crippen molar-refractivity contribution in [2.45, 2.75) is 19.3 Å². The summed E-state index contributed by atoms with van der Waals surface area (Å²) in [6, 6.07) is 67.0. The maximum Gasteiger partial charge on any atom is 0.238 e. The molecule has 1 aliphatic rings. The van der Waals surface area contributed by atoms with Crippen molar-refractivity contribution in [1.82, 2.24) is 24.1 Å². The van der Waals surface area contributed by atoms with Crippen molar-refractivity contribution in [3.8, 4) is 56.7 Å². The maximum atomic E-state index is 5.30. The molecule has 0 saturated carbocycles. The number of para-hydroxylation sites is 3. The second kappa shape index (κ2) is 12.7. The SMILES string of the molecule is CC1(C)c2ccccc2-c2cc3c(cc21)c1ccccc1n3-c1cccc(-c2nc(-c3ccc(-c4ccccc4)cc3)nc(-n3c4ccccc4c4ccccc43)n2)c1. The van der Waals surface area contributed by atoms with Gasteiger partial charge < -0.3 is 4.57 Å². The van der Waals surface area contributed by atoms with E-state index in [0.29, 0.717) is 17.6 Å². The molecule has 0 fully saturated rings. The third-order valence-corrected chi connectivity index (χ3v) is 12.4. The molecular formula is C54H37N5. The van der Waals surface area contributed by atoms with E-state index in [9.17, 15) is 0 Å². The first-order chi connectivity index (χ1) is 29.0. The van der Waals surface area contributed by atoms with Crippen LogP contribution in [0.15, 0.2) is 188 Å². The lowest BCUT2D eigenvalue weighted by molar-refractivity contribution is 0.661. The van der Waals surface area contributed by atoms with Crippen LogP contribution in [0, 0.1) is 0 Å². The molecule has 1 aliphatic carbocycles. The Morgan fingerprint density at radius 2 is 0.898 bits per heavy atom. The number of benzene rings is 8. The minimum Gasteiger partial charge on any atom is -0.309 e. The van der Waals surface area contributed by atoms with Gasteiger partial charge in [-0.1, -0.05) is 159 Å². The summed E-state index contributed by atoms with van der Waals surface area (Å²) in [5.74, 6) is 1.80. The molecule has 0 bridgehead atoms.